The molecule has 6 nitrogen and oxygen atoms in total. The number of anilines is 1. The third-order valence-electron chi connectivity index (χ3n) is 3.71. The molecule has 24 heavy (non-hydrogen) atoms. The first kappa shape index (κ1) is 17.9. The molecule has 1 aliphatic rings. The molecule has 1 saturated heterocycles. The van der Waals surface area contributed by atoms with E-state index in [0.717, 1.165) is 0 Å². The van der Waals surface area contributed by atoms with Gasteiger partial charge in [-0.25, -0.2) is 13.6 Å². The van der Waals surface area contributed by atoms with E-state index in [4.69, 9.17) is 10.00 Å². The van der Waals surface area contributed by atoms with Crippen molar-refractivity contribution in [2.75, 3.05) is 44.6 Å². The average Bonchev–Trinajstić information content (AvgIpc) is 2.56. The van der Waals surface area contributed by atoms with Gasteiger partial charge in [0, 0.05) is 26.2 Å². The van der Waals surface area contributed by atoms with Gasteiger partial charge in [0.05, 0.1) is 30.5 Å². The second-order valence-corrected chi connectivity index (χ2v) is 5.36. The zero-order chi connectivity index (χ0) is 17.5. The van der Waals surface area contributed by atoms with Crippen molar-refractivity contribution in [3.8, 4) is 11.8 Å². The molecule has 1 heterocycles. The van der Waals surface area contributed by atoms with Crippen LogP contribution in [0, 0.1) is 11.3 Å². The number of nitrogens with zero attached hydrogens (tertiary/aromatic N) is 3. The molecule has 0 aromatic heterocycles. The number of alkyl halides is 2. The Kier molecular flexibility index (Phi) is 6.32. The van der Waals surface area contributed by atoms with Crippen LogP contribution in [0.3, 0.4) is 0 Å². The first-order chi connectivity index (χ1) is 11.5. The highest BCUT2D eigenvalue weighted by molar-refractivity contribution is 5.91. The molecule has 130 valence electrons. The first-order valence-electron chi connectivity index (χ1n) is 7.77. The normalized spacial score (nSPS) is 15.2. The van der Waals surface area contributed by atoms with E-state index >= 15 is 0 Å². The minimum Gasteiger partial charge on any atom is -0.492 e. The van der Waals surface area contributed by atoms with Gasteiger partial charge in [-0.3, -0.25) is 4.90 Å². The smallest absolute Gasteiger partial charge is 0.322 e. The number of urea groups is 1. The summed E-state index contributed by atoms with van der Waals surface area (Å²) in [6.07, 6.45) is -2.37. The number of hydrogen-bond donors (Lipinski definition) is 1. The maximum absolute atomic E-state index is 12.4. The van der Waals surface area contributed by atoms with Crippen LogP contribution < -0.4 is 10.1 Å². The molecule has 2 rings (SSSR count). The molecule has 0 aliphatic carbocycles. The number of rotatable bonds is 5. The Bertz CT molecular complexity index is 611. The van der Waals surface area contributed by atoms with E-state index < -0.39 is 6.43 Å². The van der Waals surface area contributed by atoms with Crippen LogP contribution in [0.2, 0.25) is 0 Å². The summed E-state index contributed by atoms with van der Waals surface area (Å²) in [4.78, 5) is 15.6. The van der Waals surface area contributed by atoms with Gasteiger partial charge in [-0.2, -0.15) is 5.26 Å². The van der Waals surface area contributed by atoms with E-state index in [1.807, 2.05) is 13.0 Å². The third-order valence-corrected chi connectivity index (χ3v) is 3.71. The number of carbonyl (C=O) groups is 1. The standard InChI is InChI=1S/C16H20F2N4O2/c1-2-24-14-4-3-12(10-19)9-13(14)20-16(23)22-7-5-21(6-8-22)11-15(17)18/h3-4,9,15H,2,5-8,11H2,1H3,(H,20,23). The summed E-state index contributed by atoms with van der Waals surface area (Å²) in [5.41, 5.74) is 0.839. The van der Waals surface area contributed by atoms with Gasteiger partial charge in [0.1, 0.15) is 5.75 Å². The summed E-state index contributed by atoms with van der Waals surface area (Å²) < 4.78 is 30.2. The van der Waals surface area contributed by atoms with E-state index in [2.05, 4.69) is 5.32 Å². The molecule has 1 aromatic carbocycles. The number of amides is 2. The van der Waals surface area contributed by atoms with Gasteiger partial charge in [-0.1, -0.05) is 0 Å². The lowest BCUT2D eigenvalue weighted by Gasteiger charge is -2.34. The molecule has 1 N–H and O–H groups in total. The van der Waals surface area contributed by atoms with Gasteiger partial charge < -0.3 is 15.0 Å². The van der Waals surface area contributed by atoms with Crippen LogP contribution in [-0.2, 0) is 0 Å². The van der Waals surface area contributed by atoms with Crippen molar-refractivity contribution in [3.05, 3.63) is 23.8 Å². The fourth-order valence-corrected chi connectivity index (χ4v) is 2.50. The first-order valence-corrected chi connectivity index (χ1v) is 7.77. The number of ether oxygens (including phenoxy) is 1. The number of piperazine rings is 1. The molecule has 1 aromatic rings. The summed E-state index contributed by atoms with van der Waals surface area (Å²) in [6, 6.07) is 6.49. The zero-order valence-corrected chi connectivity index (χ0v) is 13.5. The zero-order valence-electron chi connectivity index (χ0n) is 13.5. The lowest BCUT2D eigenvalue weighted by atomic mass is 10.2. The highest BCUT2D eigenvalue weighted by atomic mass is 19.3. The van der Waals surface area contributed by atoms with Crippen molar-refractivity contribution >= 4 is 11.7 Å². The van der Waals surface area contributed by atoms with Gasteiger partial charge in [-0.15, -0.1) is 0 Å². The fourth-order valence-electron chi connectivity index (χ4n) is 2.50. The van der Waals surface area contributed by atoms with Gasteiger partial charge >= 0.3 is 6.03 Å². The Labute approximate surface area is 139 Å². The van der Waals surface area contributed by atoms with Crippen molar-refractivity contribution in [3.63, 3.8) is 0 Å². The van der Waals surface area contributed by atoms with Gasteiger partial charge in [0.2, 0.25) is 0 Å². The second kappa shape index (κ2) is 8.45. The Balaban J connectivity index is 1.99. The molecule has 1 fully saturated rings. The highest BCUT2D eigenvalue weighted by Crippen LogP contribution is 2.26. The van der Waals surface area contributed by atoms with E-state index in [9.17, 15) is 13.6 Å². The topological polar surface area (TPSA) is 68.6 Å². The van der Waals surface area contributed by atoms with Crippen LogP contribution in [0.5, 0.6) is 5.75 Å². The van der Waals surface area contributed by atoms with E-state index in [1.165, 1.54) is 0 Å². The largest absolute Gasteiger partial charge is 0.492 e. The number of benzene rings is 1. The van der Waals surface area contributed by atoms with Crippen LogP contribution in [-0.4, -0.2) is 61.6 Å². The van der Waals surface area contributed by atoms with Crippen LogP contribution in [0.4, 0.5) is 19.3 Å². The van der Waals surface area contributed by atoms with Crippen molar-refractivity contribution in [2.45, 2.75) is 13.3 Å². The van der Waals surface area contributed by atoms with Gasteiger partial charge in [0.15, 0.2) is 0 Å². The molecule has 0 saturated carbocycles. The Morgan fingerprint density at radius 2 is 2.08 bits per heavy atom. The molecule has 0 bridgehead atoms. The van der Waals surface area contributed by atoms with Crippen molar-refractivity contribution in [1.29, 1.82) is 5.26 Å². The van der Waals surface area contributed by atoms with Crippen LogP contribution in [0.1, 0.15) is 12.5 Å². The molecular formula is C16H20F2N4O2. The monoisotopic (exact) mass is 338 g/mol. The summed E-state index contributed by atoms with van der Waals surface area (Å²) >= 11 is 0. The molecule has 2 amide bonds. The average molecular weight is 338 g/mol. The minimum atomic E-state index is -2.37. The molecule has 1 aliphatic heterocycles. The van der Waals surface area contributed by atoms with Crippen molar-refractivity contribution in [2.24, 2.45) is 0 Å². The third kappa shape index (κ3) is 4.80. The summed E-state index contributed by atoms with van der Waals surface area (Å²) in [5.74, 6) is 0.487. The summed E-state index contributed by atoms with van der Waals surface area (Å²) in [6.45, 7) is 3.56. The maximum atomic E-state index is 12.4. The number of nitrogens with one attached hydrogen (secondary N) is 1. The van der Waals surface area contributed by atoms with Crippen molar-refractivity contribution in [1.82, 2.24) is 9.80 Å². The Hall–Kier alpha value is -2.40. The highest BCUT2D eigenvalue weighted by Gasteiger charge is 2.23. The molecule has 0 atom stereocenters. The molecule has 0 radical (unpaired) electrons. The quantitative estimate of drug-likeness (QED) is 0.895. The van der Waals surface area contributed by atoms with Crippen LogP contribution in [0.15, 0.2) is 18.2 Å². The number of halogens is 2. The van der Waals surface area contributed by atoms with Crippen LogP contribution >= 0.6 is 0 Å². The number of nitriles is 1. The summed E-state index contributed by atoms with van der Waals surface area (Å²) in [7, 11) is 0. The minimum absolute atomic E-state index is 0.270. The lowest BCUT2D eigenvalue weighted by molar-refractivity contribution is 0.0651. The lowest BCUT2D eigenvalue weighted by Crippen LogP contribution is -2.50. The van der Waals surface area contributed by atoms with Crippen LogP contribution in [0.25, 0.3) is 0 Å². The van der Waals surface area contributed by atoms with E-state index in [1.54, 1.807) is 28.0 Å². The van der Waals surface area contributed by atoms with E-state index in [0.29, 0.717) is 49.8 Å². The molecule has 8 heteroatoms. The predicted octanol–water partition coefficient (Wildman–Crippen LogP) is 2.37. The fraction of sp³-hybridized carbons (Fsp3) is 0.500. The molecule has 0 spiro atoms. The molecular weight excluding hydrogens is 318 g/mol. The van der Waals surface area contributed by atoms with Crippen molar-refractivity contribution < 1.29 is 18.3 Å². The van der Waals surface area contributed by atoms with Gasteiger partial charge in [-0.05, 0) is 25.1 Å². The van der Waals surface area contributed by atoms with E-state index in [-0.39, 0.29) is 12.6 Å². The molecule has 0 unspecified atom stereocenters. The Morgan fingerprint density at radius 3 is 2.67 bits per heavy atom. The van der Waals surface area contributed by atoms with Gasteiger partial charge in [0.25, 0.3) is 6.43 Å². The number of carbonyl (C=O) groups excluding carboxylic acids is 1. The number of hydrogen-bond acceptors (Lipinski definition) is 4. The predicted molar refractivity (Wildman–Crippen MR) is 85.4 cm³/mol. The SMILES string of the molecule is CCOc1ccc(C#N)cc1NC(=O)N1CCN(CC(F)F)CC1. The summed E-state index contributed by atoms with van der Waals surface area (Å²) in [5, 5.41) is 11.7. The second-order valence-electron chi connectivity index (χ2n) is 5.36. The Morgan fingerprint density at radius 1 is 1.38 bits per heavy atom. The maximum Gasteiger partial charge on any atom is 0.322 e.